The molecule has 0 radical (unpaired) electrons. The summed E-state index contributed by atoms with van der Waals surface area (Å²) in [5, 5.41) is 10.9. The maximum absolute atomic E-state index is 14.7. The minimum atomic E-state index is -4.33. The molecule has 0 bridgehead atoms. The van der Waals surface area contributed by atoms with Crippen molar-refractivity contribution in [3.8, 4) is 0 Å². The molecule has 0 saturated carbocycles. The summed E-state index contributed by atoms with van der Waals surface area (Å²) in [7, 11) is -4.33. The second kappa shape index (κ2) is 9.29. The maximum Gasteiger partial charge on any atom is 0.414 e. The first-order valence-corrected chi connectivity index (χ1v) is 11.4. The first kappa shape index (κ1) is 22.9. The summed E-state index contributed by atoms with van der Waals surface area (Å²) < 4.78 is 55.1. The Hall–Kier alpha value is -3.29. The van der Waals surface area contributed by atoms with Gasteiger partial charge in [0.2, 0.25) is 0 Å². The van der Waals surface area contributed by atoms with Gasteiger partial charge in [0.25, 0.3) is 15.8 Å². The smallest absolute Gasteiger partial charge is 0.414 e. The van der Waals surface area contributed by atoms with Gasteiger partial charge in [0.05, 0.1) is 36.1 Å². The van der Waals surface area contributed by atoms with Crippen LogP contribution < -0.4 is 9.80 Å². The van der Waals surface area contributed by atoms with Gasteiger partial charge in [0.15, 0.2) is 0 Å². The van der Waals surface area contributed by atoms with Crippen LogP contribution in [0.4, 0.5) is 26.2 Å². The molecule has 2 aliphatic heterocycles. The highest BCUT2D eigenvalue weighted by atomic mass is 32.2. The Balaban J connectivity index is 1.48. The lowest BCUT2D eigenvalue weighted by molar-refractivity contribution is -0.385. The molecule has 2 fully saturated rings. The van der Waals surface area contributed by atoms with Crippen molar-refractivity contribution in [2.75, 3.05) is 49.3 Å². The van der Waals surface area contributed by atoms with Crippen LogP contribution in [0.2, 0.25) is 0 Å². The van der Waals surface area contributed by atoms with E-state index in [0.29, 0.717) is 32.0 Å². The molecule has 0 spiro atoms. The van der Waals surface area contributed by atoms with Gasteiger partial charge in [-0.2, -0.15) is 8.42 Å². The third-order valence-electron chi connectivity index (χ3n) is 5.18. The van der Waals surface area contributed by atoms with Gasteiger partial charge in [0, 0.05) is 25.2 Å². The summed E-state index contributed by atoms with van der Waals surface area (Å²) in [4.78, 5) is 25.3. The summed E-state index contributed by atoms with van der Waals surface area (Å²) in [6.45, 7) is 1.17. The highest BCUT2D eigenvalue weighted by molar-refractivity contribution is 7.86. The van der Waals surface area contributed by atoms with Crippen molar-refractivity contribution < 1.29 is 36.2 Å². The van der Waals surface area contributed by atoms with Crippen molar-refractivity contribution in [2.45, 2.75) is 11.0 Å². The van der Waals surface area contributed by atoms with E-state index in [2.05, 4.69) is 0 Å². The lowest BCUT2D eigenvalue weighted by Crippen LogP contribution is -2.38. The fourth-order valence-corrected chi connectivity index (χ4v) is 4.59. The summed E-state index contributed by atoms with van der Waals surface area (Å²) in [5.41, 5.74) is 0.134. The average molecular weight is 481 g/mol. The van der Waals surface area contributed by atoms with E-state index >= 15 is 0 Å². The standard InChI is InChI=1S/C20H20FN3O8S/c21-17-5-2-6-18(19(17)22-7-9-30-10-8-22)23-12-15(32-20(23)25)13-31-33(28,29)16-4-1-3-14(11-16)24(26)27/h1-6,11,15H,7-10,12-13H2. The number of amides is 1. The van der Waals surface area contributed by atoms with Crippen LogP contribution in [0.5, 0.6) is 0 Å². The van der Waals surface area contributed by atoms with Gasteiger partial charge in [-0.05, 0) is 18.2 Å². The van der Waals surface area contributed by atoms with Gasteiger partial charge >= 0.3 is 6.09 Å². The molecule has 2 aliphatic rings. The van der Waals surface area contributed by atoms with Crippen molar-refractivity contribution in [3.05, 3.63) is 58.4 Å². The van der Waals surface area contributed by atoms with Gasteiger partial charge in [-0.1, -0.05) is 12.1 Å². The summed E-state index contributed by atoms with van der Waals surface area (Å²) in [5.74, 6) is -0.504. The molecule has 1 amide bonds. The van der Waals surface area contributed by atoms with E-state index in [1.54, 1.807) is 11.0 Å². The molecule has 2 heterocycles. The number of cyclic esters (lactones) is 1. The fraction of sp³-hybridized carbons (Fsp3) is 0.350. The van der Waals surface area contributed by atoms with Crippen LogP contribution in [0.3, 0.4) is 0 Å². The van der Waals surface area contributed by atoms with E-state index in [9.17, 15) is 27.7 Å². The number of nitro benzene ring substituents is 1. The van der Waals surface area contributed by atoms with Crippen LogP contribution in [0.1, 0.15) is 0 Å². The van der Waals surface area contributed by atoms with E-state index < -0.39 is 50.2 Å². The molecule has 1 atom stereocenters. The number of nitro groups is 1. The molecule has 2 saturated heterocycles. The third kappa shape index (κ3) is 4.89. The SMILES string of the molecule is O=C1OC(COS(=O)(=O)c2cccc([N+](=O)[O-])c2)CN1c1cccc(F)c1N1CCOCC1. The third-order valence-corrected chi connectivity index (χ3v) is 6.46. The van der Waals surface area contributed by atoms with Crippen LogP contribution in [0.15, 0.2) is 47.4 Å². The summed E-state index contributed by atoms with van der Waals surface area (Å²) in [6, 6.07) is 8.77. The minimum absolute atomic E-state index is 0.0654. The summed E-state index contributed by atoms with van der Waals surface area (Å²) >= 11 is 0. The molecule has 33 heavy (non-hydrogen) atoms. The highest BCUT2D eigenvalue weighted by Crippen LogP contribution is 2.35. The molecule has 0 N–H and O–H groups in total. The fourth-order valence-electron chi connectivity index (χ4n) is 3.61. The van der Waals surface area contributed by atoms with Crippen LogP contribution in [0, 0.1) is 15.9 Å². The lowest BCUT2D eigenvalue weighted by Gasteiger charge is -2.32. The van der Waals surface area contributed by atoms with E-state index in [0.717, 1.165) is 18.2 Å². The van der Waals surface area contributed by atoms with Crippen LogP contribution in [-0.4, -0.2) is 65.0 Å². The molecule has 11 nitrogen and oxygen atoms in total. The maximum atomic E-state index is 14.7. The van der Waals surface area contributed by atoms with Gasteiger partial charge < -0.3 is 14.4 Å². The second-order valence-corrected chi connectivity index (χ2v) is 8.93. The first-order chi connectivity index (χ1) is 15.8. The second-order valence-electron chi connectivity index (χ2n) is 7.32. The van der Waals surface area contributed by atoms with Crippen LogP contribution in [-0.2, 0) is 23.8 Å². The number of non-ortho nitro benzene ring substituents is 1. The Bertz CT molecular complexity index is 1170. The molecule has 2 aromatic carbocycles. The quantitative estimate of drug-likeness (QED) is 0.332. The number of morpholine rings is 1. The molecule has 1 unspecified atom stereocenters. The van der Waals surface area contributed by atoms with E-state index in [1.807, 2.05) is 0 Å². The lowest BCUT2D eigenvalue weighted by atomic mass is 10.2. The molecule has 0 aliphatic carbocycles. The number of anilines is 2. The van der Waals surface area contributed by atoms with Crippen molar-refractivity contribution in [1.82, 2.24) is 0 Å². The van der Waals surface area contributed by atoms with Crippen molar-refractivity contribution in [2.24, 2.45) is 0 Å². The zero-order chi connectivity index (χ0) is 23.6. The van der Waals surface area contributed by atoms with Gasteiger partial charge in [0.1, 0.15) is 23.4 Å². The number of carbonyl (C=O) groups is 1. The minimum Gasteiger partial charge on any atom is -0.441 e. The molecule has 4 rings (SSSR count). The Kier molecular flexibility index (Phi) is 6.44. The van der Waals surface area contributed by atoms with Crippen LogP contribution in [0.25, 0.3) is 0 Å². The number of hydrogen-bond acceptors (Lipinski definition) is 9. The number of halogens is 1. The number of ether oxygens (including phenoxy) is 2. The Labute approximate surface area is 188 Å². The number of rotatable bonds is 7. The number of para-hydroxylation sites is 1. The topological polar surface area (TPSA) is 129 Å². The van der Waals surface area contributed by atoms with E-state index in [-0.39, 0.29) is 12.2 Å². The first-order valence-electron chi connectivity index (χ1n) is 9.99. The van der Waals surface area contributed by atoms with Crippen molar-refractivity contribution in [3.63, 3.8) is 0 Å². The predicted octanol–water partition coefficient (Wildman–Crippen LogP) is 2.30. The average Bonchev–Trinajstić information content (AvgIpc) is 3.18. The summed E-state index contributed by atoms with van der Waals surface area (Å²) in [6.07, 6.45) is -1.72. The van der Waals surface area contributed by atoms with Gasteiger partial charge in [-0.3, -0.25) is 19.2 Å². The predicted molar refractivity (Wildman–Crippen MR) is 113 cm³/mol. The molecule has 176 valence electrons. The zero-order valence-electron chi connectivity index (χ0n) is 17.3. The number of hydrogen-bond donors (Lipinski definition) is 0. The molecular weight excluding hydrogens is 461 g/mol. The number of carbonyl (C=O) groups excluding carboxylic acids is 1. The molecule has 13 heteroatoms. The largest absolute Gasteiger partial charge is 0.441 e. The molecule has 2 aromatic rings. The number of benzene rings is 2. The highest BCUT2D eigenvalue weighted by Gasteiger charge is 2.36. The van der Waals surface area contributed by atoms with Crippen molar-refractivity contribution in [1.29, 1.82) is 0 Å². The monoisotopic (exact) mass is 481 g/mol. The van der Waals surface area contributed by atoms with Crippen LogP contribution >= 0.6 is 0 Å². The van der Waals surface area contributed by atoms with Gasteiger partial charge in [-0.25, -0.2) is 9.18 Å². The Morgan fingerprint density at radius 2 is 1.91 bits per heavy atom. The normalized spacial score (nSPS) is 18.9. The van der Waals surface area contributed by atoms with E-state index in [4.69, 9.17) is 13.7 Å². The van der Waals surface area contributed by atoms with E-state index in [1.165, 1.54) is 23.1 Å². The molecular formula is C20H20FN3O8S. The zero-order valence-corrected chi connectivity index (χ0v) is 18.1. The Morgan fingerprint density at radius 1 is 1.18 bits per heavy atom. The van der Waals surface area contributed by atoms with Crippen molar-refractivity contribution >= 4 is 33.3 Å². The Morgan fingerprint density at radius 3 is 2.64 bits per heavy atom. The molecule has 0 aromatic heterocycles. The van der Waals surface area contributed by atoms with Gasteiger partial charge in [-0.15, -0.1) is 0 Å². The number of nitrogens with zero attached hydrogens (tertiary/aromatic N) is 3.